The topological polar surface area (TPSA) is 120 Å². The number of anilines is 1. The number of nitrogens with zero attached hydrogens (tertiary/aromatic N) is 3. The highest BCUT2D eigenvalue weighted by Crippen LogP contribution is 2.28. The summed E-state index contributed by atoms with van der Waals surface area (Å²) in [5.74, 6) is -0.355. The molecule has 1 N–H and O–H groups in total. The second-order valence-electron chi connectivity index (χ2n) is 8.71. The van der Waals surface area contributed by atoms with Gasteiger partial charge in [0.2, 0.25) is 10.0 Å². The van der Waals surface area contributed by atoms with Crippen molar-refractivity contribution in [3.05, 3.63) is 51.4 Å². The molecule has 0 saturated carbocycles. The average Bonchev–Trinajstić information content (AvgIpc) is 2.90. The Morgan fingerprint density at radius 3 is 2.69 bits per heavy atom. The molecule has 2 aliphatic heterocycles. The predicted molar refractivity (Wildman–Crippen MR) is 130 cm³/mol. The zero-order chi connectivity index (χ0) is 25.0. The summed E-state index contributed by atoms with van der Waals surface area (Å²) in [6.07, 6.45) is 4.39. The Labute approximate surface area is 209 Å². The van der Waals surface area contributed by atoms with Gasteiger partial charge in [-0.2, -0.15) is 9.40 Å². The maximum atomic E-state index is 13.2. The molecule has 4 rings (SSSR count). The Kier molecular flexibility index (Phi) is 8.10. The number of esters is 1. The van der Waals surface area contributed by atoms with Gasteiger partial charge in [-0.05, 0) is 43.7 Å². The van der Waals surface area contributed by atoms with E-state index in [2.05, 4.69) is 10.4 Å². The first-order valence-electron chi connectivity index (χ1n) is 11.6. The summed E-state index contributed by atoms with van der Waals surface area (Å²) in [5.41, 5.74) is 0.0662. The summed E-state index contributed by atoms with van der Waals surface area (Å²) < 4.78 is 39.3. The lowest BCUT2D eigenvalue weighted by Crippen LogP contribution is -2.42. The summed E-state index contributed by atoms with van der Waals surface area (Å²) >= 11 is 6.36. The Hall–Kier alpha value is -2.47. The van der Waals surface area contributed by atoms with Crippen LogP contribution < -0.4 is 10.9 Å². The first kappa shape index (κ1) is 25.6. The molecule has 0 spiro atoms. The summed E-state index contributed by atoms with van der Waals surface area (Å²) in [4.78, 5) is 24.9. The summed E-state index contributed by atoms with van der Waals surface area (Å²) in [5, 5.41) is 7.59. The van der Waals surface area contributed by atoms with Gasteiger partial charge in [-0.15, -0.1) is 0 Å². The van der Waals surface area contributed by atoms with E-state index >= 15 is 0 Å². The number of sulfonamides is 1. The van der Waals surface area contributed by atoms with Crippen LogP contribution in [0.1, 0.15) is 42.1 Å². The molecular weight excluding hydrogens is 496 g/mol. The number of rotatable bonds is 7. The minimum Gasteiger partial charge on any atom is -0.465 e. The van der Waals surface area contributed by atoms with Gasteiger partial charge in [0.25, 0.3) is 5.56 Å². The lowest BCUT2D eigenvalue weighted by atomic mass is 10.0. The SMILES string of the molecule is COC(=O)c1ccccc1S(=O)(=O)N1CCC(n2ncc(NC[C@H]3CCCOC3)c(Cl)c2=O)CC1. The number of piperidine rings is 1. The molecule has 10 nitrogen and oxygen atoms in total. The van der Waals surface area contributed by atoms with Crippen LogP contribution >= 0.6 is 11.6 Å². The van der Waals surface area contributed by atoms with Gasteiger partial charge in [0.05, 0.1) is 42.1 Å². The van der Waals surface area contributed by atoms with Crippen LogP contribution in [0.3, 0.4) is 0 Å². The fraction of sp³-hybridized carbons (Fsp3) is 0.522. The van der Waals surface area contributed by atoms with Crippen LogP contribution in [-0.4, -0.2) is 68.4 Å². The van der Waals surface area contributed by atoms with Crippen molar-refractivity contribution >= 4 is 33.3 Å². The minimum atomic E-state index is -3.92. The van der Waals surface area contributed by atoms with Crippen LogP contribution in [0, 0.1) is 5.92 Å². The molecular formula is C23H29ClN4O6S. The van der Waals surface area contributed by atoms with Crippen molar-refractivity contribution in [1.82, 2.24) is 14.1 Å². The van der Waals surface area contributed by atoms with E-state index in [0.29, 0.717) is 37.6 Å². The average molecular weight is 525 g/mol. The Balaban J connectivity index is 1.44. The number of methoxy groups -OCH3 is 1. The van der Waals surface area contributed by atoms with Crippen LogP contribution in [0.25, 0.3) is 0 Å². The van der Waals surface area contributed by atoms with Crippen LogP contribution in [0.5, 0.6) is 0 Å². The van der Waals surface area contributed by atoms with Gasteiger partial charge in [-0.3, -0.25) is 4.79 Å². The molecule has 1 aromatic heterocycles. The summed E-state index contributed by atoms with van der Waals surface area (Å²) in [7, 11) is -2.71. The lowest BCUT2D eigenvalue weighted by molar-refractivity contribution is 0.0593. The number of aromatic nitrogens is 2. The Bertz CT molecular complexity index is 1220. The molecule has 2 fully saturated rings. The van der Waals surface area contributed by atoms with E-state index in [4.69, 9.17) is 21.1 Å². The number of ether oxygens (including phenoxy) is 2. The molecule has 1 atom stereocenters. The number of hydrogen-bond acceptors (Lipinski definition) is 8. The molecule has 2 aromatic rings. The van der Waals surface area contributed by atoms with E-state index in [1.54, 1.807) is 18.3 Å². The van der Waals surface area contributed by atoms with Gasteiger partial charge in [0.15, 0.2) is 0 Å². The molecule has 0 radical (unpaired) electrons. The van der Waals surface area contributed by atoms with Crippen LogP contribution in [0.2, 0.25) is 5.02 Å². The molecule has 0 unspecified atom stereocenters. The standard InChI is InChI=1S/C23H29ClN4O6S/c1-33-23(30)18-6-2-3-7-20(18)35(31,32)27-10-8-17(9-11-27)28-22(29)21(24)19(14-26-28)25-13-16-5-4-12-34-15-16/h2-3,6-7,14,16-17,25H,4-5,8-13,15H2,1H3/t16-/m1/s1. The van der Waals surface area contributed by atoms with Crippen molar-refractivity contribution in [3.8, 4) is 0 Å². The van der Waals surface area contributed by atoms with E-state index in [0.717, 1.165) is 19.4 Å². The second-order valence-corrected chi connectivity index (χ2v) is 11.0. The molecule has 35 heavy (non-hydrogen) atoms. The third-order valence-electron chi connectivity index (χ3n) is 6.46. The normalized spacial score (nSPS) is 19.9. The van der Waals surface area contributed by atoms with E-state index in [-0.39, 0.29) is 34.6 Å². The zero-order valence-corrected chi connectivity index (χ0v) is 21.1. The number of halogens is 1. The van der Waals surface area contributed by atoms with Crippen molar-refractivity contribution in [3.63, 3.8) is 0 Å². The number of hydrogen-bond donors (Lipinski definition) is 1. The zero-order valence-electron chi connectivity index (χ0n) is 19.5. The van der Waals surface area contributed by atoms with Gasteiger partial charge in [-0.1, -0.05) is 23.7 Å². The molecule has 2 aliphatic rings. The fourth-order valence-electron chi connectivity index (χ4n) is 4.49. The maximum absolute atomic E-state index is 13.2. The highest BCUT2D eigenvalue weighted by molar-refractivity contribution is 7.89. The maximum Gasteiger partial charge on any atom is 0.339 e. The Morgan fingerprint density at radius 2 is 2.00 bits per heavy atom. The molecule has 3 heterocycles. The third kappa shape index (κ3) is 5.53. The van der Waals surface area contributed by atoms with Crippen LogP contribution in [-0.2, 0) is 19.5 Å². The smallest absolute Gasteiger partial charge is 0.339 e. The highest BCUT2D eigenvalue weighted by Gasteiger charge is 2.33. The Morgan fingerprint density at radius 1 is 1.26 bits per heavy atom. The van der Waals surface area contributed by atoms with E-state index in [1.165, 1.54) is 28.2 Å². The lowest BCUT2D eigenvalue weighted by Gasteiger charge is -2.32. The van der Waals surface area contributed by atoms with Crippen molar-refractivity contribution in [1.29, 1.82) is 0 Å². The van der Waals surface area contributed by atoms with Gasteiger partial charge in [-0.25, -0.2) is 17.9 Å². The van der Waals surface area contributed by atoms with Gasteiger partial charge in [0, 0.05) is 26.2 Å². The van der Waals surface area contributed by atoms with Crippen molar-refractivity contribution < 1.29 is 22.7 Å². The molecule has 12 heteroatoms. The second kappa shape index (κ2) is 11.1. The molecule has 0 aliphatic carbocycles. The number of nitrogens with one attached hydrogen (secondary N) is 1. The molecule has 190 valence electrons. The molecule has 1 aromatic carbocycles. The third-order valence-corrected chi connectivity index (χ3v) is 8.78. The highest BCUT2D eigenvalue weighted by atomic mass is 35.5. The fourth-order valence-corrected chi connectivity index (χ4v) is 6.34. The predicted octanol–water partition coefficient (Wildman–Crippen LogP) is 2.55. The van der Waals surface area contributed by atoms with E-state index < -0.39 is 21.6 Å². The van der Waals surface area contributed by atoms with Crippen molar-refractivity contribution in [2.45, 2.75) is 36.6 Å². The van der Waals surface area contributed by atoms with Gasteiger partial charge < -0.3 is 14.8 Å². The summed E-state index contributed by atoms with van der Waals surface area (Å²) in [6.45, 7) is 2.47. The van der Waals surface area contributed by atoms with Gasteiger partial charge in [0.1, 0.15) is 5.02 Å². The van der Waals surface area contributed by atoms with E-state index in [1.807, 2.05) is 0 Å². The largest absolute Gasteiger partial charge is 0.465 e. The molecule has 0 bridgehead atoms. The minimum absolute atomic E-state index is 0.00957. The number of carbonyl (C=O) groups is 1. The van der Waals surface area contributed by atoms with Crippen molar-refractivity contribution in [2.75, 3.05) is 45.3 Å². The summed E-state index contributed by atoms with van der Waals surface area (Å²) in [6, 6.07) is 5.68. The monoisotopic (exact) mass is 524 g/mol. The van der Waals surface area contributed by atoms with Crippen LogP contribution in [0.15, 0.2) is 40.2 Å². The van der Waals surface area contributed by atoms with E-state index in [9.17, 15) is 18.0 Å². The molecule has 0 amide bonds. The van der Waals surface area contributed by atoms with Crippen molar-refractivity contribution in [2.24, 2.45) is 5.92 Å². The number of benzene rings is 1. The quantitative estimate of drug-likeness (QED) is 0.549. The van der Waals surface area contributed by atoms with Gasteiger partial charge >= 0.3 is 5.97 Å². The van der Waals surface area contributed by atoms with Crippen LogP contribution in [0.4, 0.5) is 5.69 Å². The molecule has 2 saturated heterocycles. The number of carbonyl (C=O) groups excluding carboxylic acids is 1. The first-order chi connectivity index (χ1) is 16.8. The first-order valence-corrected chi connectivity index (χ1v) is 13.4.